The number of carbonyl (C=O) groups excluding carboxylic acids is 2. The van der Waals surface area contributed by atoms with Crippen LogP contribution >= 0.6 is 0 Å². The molecule has 5 heteroatoms. The maximum absolute atomic E-state index is 11.6. The predicted molar refractivity (Wildman–Crippen MR) is 78.7 cm³/mol. The Kier molecular flexibility index (Phi) is 6.46. The van der Waals surface area contributed by atoms with E-state index in [1.807, 2.05) is 13.8 Å². The molecule has 20 heavy (non-hydrogen) atoms. The molecule has 0 aliphatic rings. The van der Waals surface area contributed by atoms with E-state index in [1.165, 1.54) is 0 Å². The molecule has 0 bridgehead atoms. The van der Waals surface area contributed by atoms with Crippen LogP contribution in [-0.2, 0) is 9.53 Å². The molecule has 108 valence electrons. The van der Waals surface area contributed by atoms with Crippen molar-refractivity contribution in [3.63, 3.8) is 0 Å². The highest BCUT2D eigenvalue weighted by molar-refractivity contribution is 5.96. The first-order valence-corrected chi connectivity index (χ1v) is 6.43. The van der Waals surface area contributed by atoms with Crippen LogP contribution in [0.25, 0.3) is 0 Å². The van der Waals surface area contributed by atoms with Crippen LogP contribution in [0.4, 0.5) is 5.69 Å². The van der Waals surface area contributed by atoms with Crippen molar-refractivity contribution in [2.45, 2.75) is 20.0 Å². The maximum atomic E-state index is 11.6. The third-order valence-electron chi connectivity index (χ3n) is 2.39. The second-order valence-electron chi connectivity index (χ2n) is 4.48. The van der Waals surface area contributed by atoms with E-state index >= 15 is 0 Å². The van der Waals surface area contributed by atoms with Crippen LogP contribution < -0.4 is 10.6 Å². The largest absolute Gasteiger partial charge is 0.369 e. The van der Waals surface area contributed by atoms with Crippen molar-refractivity contribution in [1.82, 2.24) is 5.32 Å². The maximum Gasteiger partial charge on any atom is 0.251 e. The molecule has 0 spiro atoms. The zero-order chi connectivity index (χ0) is 15.0. The van der Waals surface area contributed by atoms with E-state index in [9.17, 15) is 9.59 Å². The fourth-order valence-corrected chi connectivity index (χ4v) is 1.41. The summed E-state index contributed by atoms with van der Waals surface area (Å²) >= 11 is 0. The highest BCUT2D eigenvalue weighted by Gasteiger charge is 2.06. The molecule has 0 saturated heterocycles. The van der Waals surface area contributed by atoms with Crippen molar-refractivity contribution < 1.29 is 14.3 Å². The van der Waals surface area contributed by atoms with Gasteiger partial charge in [0.25, 0.3) is 5.91 Å². The third-order valence-corrected chi connectivity index (χ3v) is 2.39. The van der Waals surface area contributed by atoms with Crippen LogP contribution in [-0.4, -0.2) is 31.1 Å². The lowest BCUT2D eigenvalue weighted by molar-refractivity contribution is -0.121. The average molecular weight is 276 g/mol. The van der Waals surface area contributed by atoms with Crippen molar-refractivity contribution in [3.8, 4) is 0 Å². The molecule has 0 saturated carbocycles. The number of carbonyl (C=O) groups is 2. The van der Waals surface area contributed by atoms with Gasteiger partial charge in [0.15, 0.2) is 0 Å². The van der Waals surface area contributed by atoms with Gasteiger partial charge in [0.05, 0.1) is 6.10 Å². The normalized spacial score (nSPS) is 10.2. The van der Waals surface area contributed by atoms with E-state index < -0.39 is 0 Å². The quantitative estimate of drug-likeness (QED) is 0.748. The first-order chi connectivity index (χ1) is 9.52. The number of amides is 2. The number of hydrogen-bond acceptors (Lipinski definition) is 3. The molecule has 0 radical (unpaired) electrons. The fourth-order valence-electron chi connectivity index (χ4n) is 1.41. The predicted octanol–water partition coefficient (Wildman–Crippen LogP) is 1.97. The van der Waals surface area contributed by atoms with Crippen LogP contribution in [0.3, 0.4) is 0 Å². The first-order valence-electron chi connectivity index (χ1n) is 6.43. The topological polar surface area (TPSA) is 67.4 Å². The summed E-state index contributed by atoms with van der Waals surface area (Å²) in [7, 11) is 0. The fraction of sp³-hybridized carbons (Fsp3) is 0.333. The molecule has 0 fully saturated rings. The lowest BCUT2D eigenvalue weighted by atomic mass is 10.2. The Morgan fingerprint density at radius 3 is 2.50 bits per heavy atom. The summed E-state index contributed by atoms with van der Waals surface area (Å²) in [6, 6.07) is 6.65. The zero-order valence-corrected chi connectivity index (χ0v) is 11.8. The van der Waals surface area contributed by atoms with Gasteiger partial charge in [0, 0.05) is 17.8 Å². The van der Waals surface area contributed by atoms with Gasteiger partial charge in [0.2, 0.25) is 5.91 Å². The van der Waals surface area contributed by atoms with Gasteiger partial charge in [-0.05, 0) is 38.1 Å². The van der Waals surface area contributed by atoms with Gasteiger partial charge in [-0.3, -0.25) is 9.59 Å². The lowest BCUT2D eigenvalue weighted by Crippen LogP contribution is -2.23. The summed E-state index contributed by atoms with van der Waals surface area (Å²) in [6.07, 6.45) is 1.62. The van der Waals surface area contributed by atoms with Crippen molar-refractivity contribution in [1.29, 1.82) is 0 Å². The second-order valence-corrected chi connectivity index (χ2v) is 4.48. The van der Waals surface area contributed by atoms with E-state index in [1.54, 1.807) is 30.3 Å². The van der Waals surface area contributed by atoms with Gasteiger partial charge in [0.1, 0.15) is 6.61 Å². The SMILES string of the molecule is C=CCNC(=O)c1ccc(NC(=O)COC(C)C)cc1. The molecule has 1 aromatic carbocycles. The van der Waals surface area contributed by atoms with Gasteiger partial charge in [-0.15, -0.1) is 6.58 Å². The smallest absolute Gasteiger partial charge is 0.251 e. The van der Waals surface area contributed by atoms with Crippen molar-refractivity contribution in [2.75, 3.05) is 18.5 Å². The zero-order valence-electron chi connectivity index (χ0n) is 11.8. The Morgan fingerprint density at radius 2 is 1.95 bits per heavy atom. The number of anilines is 1. The summed E-state index contributed by atoms with van der Waals surface area (Å²) in [6.45, 7) is 7.69. The van der Waals surface area contributed by atoms with E-state index in [4.69, 9.17) is 4.74 Å². The van der Waals surface area contributed by atoms with Crippen molar-refractivity contribution in [3.05, 3.63) is 42.5 Å². The molecule has 0 aliphatic heterocycles. The molecule has 5 nitrogen and oxygen atoms in total. The molecule has 1 rings (SSSR count). The highest BCUT2D eigenvalue weighted by atomic mass is 16.5. The van der Waals surface area contributed by atoms with Crippen LogP contribution in [0.2, 0.25) is 0 Å². The molecular weight excluding hydrogens is 256 g/mol. The molecule has 0 heterocycles. The Morgan fingerprint density at radius 1 is 1.30 bits per heavy atom. The molecule has 1 aromatic rings. The molecule has 0 aromatic heterocycles. The first kappa shape index (κ1) is 15.9. The number of ether oxygens (including phenoxy) is 1. The van der Waals surface area contributed by atoms with Crippen LogP contribution in [0, 0.1) is 0 Å². The van der Waals surface area contributed by atoms with Crippen LogP contribution in [0.1, 0.15) is 24.2 Å². The number of hydrogen-bond donors (Lipinski definition) is 2. The van der Waals surface area contributed by atoms with E-state index in [-0.39, 0.29) is 24.5 Å². The minimum Gasteiger partial charge on any atom is -0.369 e. The molecule has 2 N–H and O–H groups in total. The number of benzene rings is 1. The second kappa shape index (κ2) is 8.12. The summed E-state index contributed by atoms with van der Waals surface area (Å²) in [5, 5.41) is 5.37. The van der Waals surface area contributed by atoms with Crippen molar-refractivity contribution in [2.24, 2.45) is 0 Å². The van der Waals surface area contributed by atoms with E-state index in [0.717, 1.165) is 0 Å². The van der Waals surface area contributed by atoms with Crippen molar-refractivity contribution >= 4 is 17.5 Å². The Hall–Kier alpha value is -2.14. The molecular formula is C15H20N2O3. The van der Waals surface area contributed by atoms with E-state index in [2.05, 4.69) is 17.2 Å². The summed E-state index contributed by atoms with van der Waals surface area (Å²) in [5.41, 5.74) is 1.16. The monoisotopic (exact) mass is 276 g/mol. The van der Waals surface area contributed by atoms with Gasteiger partial charge in [-0.1, -0.05) is 6.08 Å². The molecule has 0 unspecified atom stereocenters. The summed E-state index contributed by atoms with van der Waals surface area (Å²) in [5.74, 6) is -0.395. The van der Waals surface area contributed by atoms with Gasteiger partial charge >= 0.3 is 0 Å². The molecule has 0 atom stereocenters. The highest BCUT2D eigenvalue weighted by Crippen LogP contribution is 2.09. The molecule has 0 aliphatic carbocycles. The van der Waals surface area contributed by atoms with Crippen LogP contribution in [0.5, 0.6) is 0 Å². The molecule has 2 amide bonds. The summed E-state index contributed by atoms with van der Waals surface area (Å²) < 4.78 is 5.20. The lowest BCUT2D eigenvalue weighted by Gasteiger charge is -2.09. The standard InChI is InChI=1S/C15H20N2O3/c1-4-9-16-15(19)12-5-7-13(8-6-12)17-14(18)10-20-11(2)3/h4-8,11H,1,9-10H2,2-3H3,(H,16,19)(H,17,18). The summed E-state index contributed by atoms with van der Waals surface area (Å²) in [4.78, 5) is 23.2. The third kappa shape index (κ3) is 5.67. The number of rotatable bonds is 7. The van der Waals surface area contributed by atoms with E-state index in [0.29, 0.717) is 17.8 Å². The minimum atomic E-state index is -0.220. The van der Waals surface area contributed by atoms with Gasteiger partial charge < -0.3 is 15.4 Å². The van der Waals surface area contributed by atoms with Gasteiger partial charge in [-0.25, -0.2) is 0 Å². The minimum absolute atomic E-state index is 0.0108. The Bertz CT molecular complexity index is 467. The van der Waals surface area contributed by atoms with Gasteiger partial charge in [-0.2, -0.15) is 0 Å². The Labute approximate surface area is 119 Å². The Balaban J connectivity index is 2.51. The van der Waals surface area contributed by atoms with Crippen LogP contribution in [0.15, 0.2) is 36.9 Å². The average Bonchev–Trinajstić information content (AvgIpc) is 2.43. The number of nitrogens with one attached hydrogen (secondary N) is 2.